The number of rotatable bonds is 7. The van der Waals surface area contributed by atoms with Crippen molar-refractivity contribution in [1.82, 2.24) is 14.5 Å². The highest BCUT2D eigenvalue weighted by Crippen LogP contribution is 2.27. The SMILES string of the molecule is COc1ccc(S(=O)(=O)N2CCOCC2)cc1C(=O)NC(C(=O)N1CCCC1)c1ccccc1. The normalized spacial score (nSPS) is 17.9. The van der Waals surface area contributed by atoms with Gasteiger partial charge >= 0.3 is 0 Å². The number of ether oxygens (including phenoxy) is 2. The molecule has 182 valence electrons. The number of carbonyl (C=O) groups is 2. The lowest BCUT2D eigenvalue weighted by atomic mass is 10.0. The van der Waals surface area contributed by atoms with E-state index in [2.05, 4.69) is 5.32 Å². The quantitative estimate of drug-likeness (QED) is 0.639. The summed E-state index contributed by atoms with van der Waals surface area (Å²) < 4.78 is 38.2. The van der Waals surface area contributed by atoms with Crippen LogP contribution in [0.4, 0.5) is 0 Å². The van der Waals surface area contributed by atoms with Gasteiger partial charge in [0.2, 0.25) is 15.9 Å². The van der Waals surface area contributed by atoms with Gasteiger partial charge in [-0.05, 0) is 36.6 Å². The van der Waals surface area contributed by atoms with Crippen molar-refractivity contribution in [2.75, 3.05) is 46.5 Å². The van der Waals surface area contributed by atoms with Gasteiger partial charge in [0.15, 0.2) is 0 Å². The van der Waals surface area contributed by atoms with Gasteiger partial charge in [0, 0.05) is 26.2 Å². The lowest BCUT2D eigenvalue weighted by Crippen LogP contribution is -2.42. The number of methoxy groups -OCH3 is 1. The van der Waals surface area contributed by atoms with E-state index in [9.17, 15) is 18.0 Å². The number of morpholine rings is 1. The van der Waals surface area contributed by atoms with Crippen LogP contribution < -0.4 is 10.1 Å². The molecule has 2 aliphatic rings. The molecule has 34 heavy (non-hydrogen) atoms. The molecule has 0 aromatic heterocycles. The number of nitrogens with zero attached hydrogens (tertiary/aromatic N) is 2. The molecule has 1 N–H and O–H groups in total. The molecule has 0 aliphatic carbocycles. The van der Waals surface area contributed by atoms with E-state index in [1.165, 1.54) is 29.6 Å². The van der Waals surface area contributed by atoms with Gasteiger partial charge in [0.1, 0.15) is 11.8 Å². The predicted molar refractivity (Wildman–Crippen MR) is 125 cm³/mol. The van der Waals surface area contributed by atoms with Crippen LogP contribution >= 0.6 is 0 Å². The van der Waals surface area contributed by atoms with Crippen LogP contribution in [0, 0.1) is 0 Å². The fourth-order valence-electron chi connectivity index (χ4n) is 4.22. The van der Waals surface area contributed by atoms with Crippen LogP contribution in [0.25, 0.3) is 0 Å². The number of hydrogen-bond donors (Lipinski definition) is 1. The van der Waals surface area contributed by atoms with E-state index in [0.717, 1.165) is 12.8 Å². The minimum Gasteiger partial charge on any atom is -0.496 e. The predicted octanol–water partition coefficient (Wildman–Crippen LogP) is 1.81. The number of nitrogens with one attached hydrogen (secondary N) is 1. The Labute approximate surface area is 199 Å². The number of sulfonamides is 1. The molecule has 10 heteroatoms. The topological polar surface area (TPSA) is 105 Å². The fourth-order valence-corrected chi connectivity index (χ4v) is 5.66. The smallest absolute Gasteiger partial charge is 0.255 e. The van der Waals surface area contributed by atoms with Gasteiger partial charge in [-0.25, -0.2) is 8.42 Å². The first-order valence-electron chi connectivity index (χ1n) is 11.3. The van der Waals surface area contributed by atoms with E-state index in [1.54, 1.807) is 17.0 Å². The van der Waals surface area contributed by atoms with E-state index >= 15 is 0 Å². The van der Waals surface area contributed by atoms with E-state index < -0.39 is 22.0 Å². The maximum absolute atomic E-state index is 13.4. The third-order valence-corrected chi connectivity index (χ3v) is 7.99. The first-order chi connectivity index (χ1) is 16.4. The van der Waals surface area contributed by atoms with Gasteiger partial charge in [0.25, 0.3) is 5.91 Å². The summed E-state index contributed by atoms with van der Waals surface area (Å²) in [7, 11) is -2.40. The summed E-state index contributed by atoms with van der Waals surface area (Å²) in [5.41, 5.74) is 0.704. The molecule has 2 aromatic rings. The fraction of sp³-hybridized carbons (Fsp3) is 0.417. The maximum atomic E-state index is 13.4. The molecule has 0 spiro atoms. The van der Waals surface area contributed by atoms with Crippen molar-refractivity contribution < 1.29 is 27.5 Å². The molecule has 2 aliphatic heterocycles. The van der Waals surface area contributed by atoms with Crippen molar-refractivity contribution in [1.29, 1.82) is 0 Å². The largest absolute Gasteiger partial charge is 0.496 e. The Morgan fingerprint density at radius 3 is 2.32 bits per heavy atom. The van der Waals surface area contributed by atoms with Gasteiger partial charge in [0.05, 0.1) is 30.8 Å². The van der Waals surface area contributed by atoms with Crippen molar-refractivity contribution in [2.24, 2.45) is 0 Å². The summed E-state index contributed by atoms with van der Waals surface area (Å²) in [4.78, 5) is 28.4. The third-order valence-electron chi connectivity index (χ3n) is 6.10. The number of hydrogen-bond acceptors (Lipinski definition) is 6. The Bertz CT molecular complexity index is 1130. The highest BCUT2D eigenvalue weighted by atomic mass is 32.2. The van der Waals surface area contributed by atoms with Gasteiger partial charge in [-0.15, -0.1) is 0 Å². The molecule has 0 radical (unpaired) electrons. The molecule has 1 atom stereocenters. The average Bonchev–Trinajstić information content (AvgIpc) is 3.42. The molecule has 2 aromatic carbocycles. The highest BCUT2D eigenvalue weighted by molar-refractivity contribution is 7.89. The first kappa shape index (κ1) is 24.2. The minimum absolute atomic E-state index is 0.0116. The molecule has 2 amide bonds. The van der Waals surface area contributed by atoms with E-state index in [-0.39, 0.29) is 35.2 Å². The van der Waals surface area contributed by atoms with Gasteiger partial charge in [-0.1, -0.05) is 30.3 Å². The van der Waals surface area contributed by atoms with Gasteiger partial charge in [-0.3, -0.25) is 9.59 Å². The van der Waals surface area contributed by atoms with Crippen molar-refractivity contribution >= 4 is 21.8 Å². The standard InChI is InChI=1S/C24H29N3O6S/c1-32-21-10-9-19(34(30,31)27-13-15-33-16-14-27)17-20(21)23(28)25-22(18-7-3-2-4-8-18)24(29)26-11-5-6-12-26/h2-4,7-10,17,22H,5-6,11-16H2,1H3,(H,25,28). The lowest BCUT2D eigenvalue weighted by molar-refractivity contribution is -0.132. The summed E-state index contributed by atoms with van der Waals surface area (Å²) in [6.45, 7) is 2.43. The van der Waals surface area contributed by atoms with Crippen LogP contribution in [0.1, 0.15) is 34.8 Å². The molecule has 2 fully saturated rings. The van der Waals surface area contributed by atoms with Gasteiger partial charge in [-0.2, -0.15) is 4.31 Å². The van der Waals surface area contributed by atoms with Crippen molar-refractivity contribution in [3.63, 3.8) is 0 Å². The second-order valence-corrected chi connectivity index (χ2v) is 10.2. The third kappa shape index (κ3) is 5.08. The zero-order valence-corrected chi connectivity index (χ0v) is 19.9. The molecule has 0 saturated carbocycles. The Morgan fingerprint density at radius 2 is 1.68 bits per heavy atom. The van der Waals surface area contributed by atoms with Crippen molar-refractivity contribution in [2.45, 2.75) is 23.8 Å². The molecular weight excluding hydrogens is 458 g/mol. The van der Waals surface area contributed by atoms with Gasteiger partial charge < -0.3 is 19.7 Å². The Kier molecular flexibility index (Phi) is 7.50. The number of likely N-dealkylation sites (tertiary alicyclic amines) is 1. The highest BCUT2D eigenvalue weighted by Gasteiger charge is 2.32. The molecule has 2 saturated heterocycles. The lowest BCUT2D eigenvalue weighted by Gasteiger charge is -2.26. The monoisotopic (exact) mass is 487 g/mol. The zero-order valence-electron chi connectivity index (χ0n) is 19.1. The van der Waals surface area contributed by atoms with Crippen LogP contribution in [0.2, 0.25) is 0 Å². The molecule has 0 bridgehead atoms. The number of benzene rings is 2. The molecule has 4 rings (SSSR count). The Hall–Kier alpha value is -2.95. The first-order valence-corrected chi connectivity index (χ1v) is 12.8. The molecular formula is C24H29N3O6S. The van der Waals surface area contributed by atoms with Crippen LogP contribution in [0.5, 0.6) is 5.75 Å². The number of carbonyl (C=O) groups excluding carboxylic acids is 2. The Balaban J connectivity index is 1.64. The number of amides is 2. The summed E-state index contributed by atoms with van der Waals surface area (Å²) in [5.74, 6) is -0.552. The van der Waals surface area contributed by atoms with E-state index in [1.807, 2.05) is 18.2 Å². The minimum atomic E-state index is -3.81. The second kappa shape index (κ2) is 10.5. The summed E-state index contributed by atoms with van der Waals surface area (Å²) in [5, 5.41) is 2.82. The zero-order chi connectivity index (χ0) is 24.1. The van der Waals surface area contributed by atoms with E-state index in [4.69, 9.17) is 9.47 Å². The van der Waals surface area contributed by atoms with Crippen LogP contribution in [0.15, 0.2) is 53.4 Å². The molecule has 2 heterocycles. The molecule has 1 unspecified atom stereocenters. The van der Waals surface area contributed by atoms with Crippen LogP contribution in [-0.4, -0.2) is 75.9 Å². The average molecular weight is 488 g/mol. The summed E-state index contributed by atoms with van der Waals surface area (Å²) in [6, 6.07) is 12.3. The maximum Gasteiger partial charge on any atom is 0.255 e. The van der Waals surface area contributed by atoms with Crippen molar-refractivity contribution in [3.05, 3.63) is 59.7 Å². The Morgan fingerprint density at radius 1 is 1.00 bits per heavy atom. The van der Waals surface area contributed by atoms with Crippen molar-refractivity contribution in [3.8, 4) is 5.75 Å². The van der Waals surface area contributed by atoms with Crippen LogP contribution in [0.3, 0.4) is 0 Å². The summed E-state index contributed by atoms with van der Waals surface area (Å²) in [6.07, 6.45) is 1.85. The second-order valence-electron chi connectivity index (χ2n) is 8.23. The van der Waals surface area contributed by atoms with Crippen LogP contribution in [-0.2, 0) is 19.6 Å². The van der Waals surface area contributed by atoms with E-state index in [0.29, 0.717) is 31.9 Å². The summed E-state index contributed by atoms with van der Waals surface area (Å²) >= 11 is 0. The molecule has 9 nitrogen and oxygen atoms in total.